The van der Waals surface area contributed by atoms with E-state index in [1.807, 2.05) is 0 Å². The van der Waals surface area contributed by atoms with Crippen molar-refractivity contribution in [1.82, 2.24) is 0 Å². The maximum absolute atomic E-state index is 10.9. The minimum absolute atomic E-state index is 0.480. The third-order valence-corrected chi connectivity index (χ3v) is 1.91. The largest absolute Gasteiger partial charge is 0.509 e. The normalized spacial score (nSPS) is 11.4. The molecule has 0 aromatic carbocycles. The van der Waals surface area contributed by atoms with E-state index in [4.69, 9.17) is 0 Å². The molecule has 0 amide bonds. The van der Waals surface area contributed by atoms with Crippen LogP contribution in [-0.2, 0) is 23.8 Å². The van der Waals surface area contributed by atoms with Gasteiger partial charge in [0.05, 0.1) is 13.2 Å². The monoisotopic (exact) mass is 212 g/mol. The van der Waals surface area contributed by atoms with Gasteiger partial charge in [0.1, 0.15) is 0 Å². The molecule has 0 unspecified atom stereocenters. The van der Waals surface area contributed by atoms with Gasteiger partial charge < -0.3 is 9.47 Å². The summed E-state index contributed by atoms with van der Waals surface area (Å²) in [6.45, 7) is 3.10. The van der Waals surface area contributed by atoms with E-state index >= 15 is 0 Å². The van der Waals surface area contributed by atoms with Gasteiger partial charge in [-0.05, 0) is 13.8 Å². The SMILES string of the molecule is COC(=O)OCS(=O)(=O)OC(C)C. The number of hydrogen-bond donors (Lipinski definition) is 0. The summed E-state index contributed by atoms with van der Waals surface area (Å²) in [5.74, 6) is -0.835. The first-order valence-corrected chi connectivity index (χ1v) is 5.07. The molecule has 0 aliphatic heterocycles. The van der Waals surface area contributed by atoms with Crippen molar-refractivity contribution in [3.05, 3.63) is 0 Å². The molecule has 0 N–H and O–H groups in total. The molecule has 0 aliphatic rings. The van der Waals surface area contributed by atoms with Crippen molar-refractivity contribution in [2.24, 2.45) is 0 Å². The zero-order valence-corrected chi connectivity index (χ0v) is 8.46. The molecule has 7 heteroatoms. The van der Waals surface area contributed by atoms with Crippen LogP contribution in [0.4, 0.5) is 4.79 Å². The third kappa shape index (κ3) is 6.35. The molecule has 6 nitrogen and oxygen atoms in total. The van der Waals surface area contributed by atoms with Gasteiger partial charge in [-0.3, -0.25) is 4.18 Å². The molecule has 0 saturated heterocycles. The van der Waals surface area contributed by atoms with Crippen LogP contribution in [0.5, 0.6) is 0 Å². The number of ether oxygens (including phenoxy) is 2. The standard InChI is InChI=1S/C6H12O6S/c1-5(2)12-13(8,9)4-11-6(7)10-3/h5H,4H2,1-3H3. The summed E-state index contributed by atoms with van der Waals surface area (Å²) in [6.07, 6.45) is -1.54. The van der Waals surface area contributed by atoms with Gasteiger partial charge in [0.15, 0.2) is 0 Å². The van der Waals surface area contributed by atoms with E-state index in [9.17, 15) is 13.2 Å². The van der Waals surface area contributed by atoms with Crippen LogP contribution < -0.4 is 0 Å². The Bertz CT molecular complexity index is 254. The molecule has 0 aromatic heterocycles. The predicted octanol–water partition coefficient (Wildman–Crippen LogP) is 0.482. The highest BCUT2D eigenvalue weighted by molar-refractivity contribution is 7.86. The second-order valence-electron chi connectivity index (χ2n) is 2.42. The highest BCUT2D eigenvalue weighted by atomic mass is 32.2. The number of rotatable bonds is 4. The van der Waals surface area contributed by atoms with Crippen LogP contribution in [0, 0.1) is 0 Å². The van der Waals surface area contributed by atoms with Gasteiger partial charge in [0.25, 0.3) is 0 Å². The van der Waals surface area contributed by atoms with Crippen LogP contribution in [0.1, 0.15) is 13.8 Å². The molecule has 0 heterocycles. The first-order chi connectivity index (χ1) is 5.87. The highest BCUT2D eigenvalue weighted by Crippen LogP contribution is 2.00. The molecule has 13 heavy (non-hydrogen) atoms. The number of hydrogen-bond acceptors (Lipinski definition) is 6. The van der Waals surface area contributed by atoms with Crippen molar-refractivity contribution in [2.75, 3.05) is 13.0 Å². The fourth-order valence-corrected chi connectivity index (χ4v) is 1.38. The summed E-state index contributed by atoms with van der Waals surface area (Å²) >= 11 is 0. The molecule has 78 valence electrons. The maximum atomic E-state index is 10.9. The van der Waals surface area contributed by atoms with Gasteiger partial charge in [-0.15, -0.1) is 0 Å². The molecule has 0 rings (SSSR count). The van der Waals surface area contributed by atoms with Gasteiger partial charge in [-0.25, -0.2) is 4.79 Å². The van der Waals surface area contributed by atoms with Gasteiger partial charge in [-0.1, -0.05) is 0 Å². The van der Waals surface area contributed by atoms with Crippen LogP contribution in [0.15, 0.2) is 0 Å². The Morgan fingerprint density at radius 1 is 1.38 bits per heavy atom. The molecule has 0 saturated carbocycles. The van der Waals surface area contributed by atoms with E-state index in [0.29, 0.717) is 0 Å². The van der Waals surface area contributed by atoms with E-state index < -0.39 is 28.3 Å². The van der Waals surface area contributed by atoms with Gasteiger partial charge in [-0.2, -0.15) is 8.42 Å². The molecule has 0 fully saturated rings. The Hall–Kier alpha value is -0.820. The fraction of sp³-hybridized carbons (Fsp3) is 0.833. The molecular formula is C6H12O6S. The van der Waals surface area contributed by atoms with Crippen LogP contribution in [0.2, 0.25) is 0 Å². The Kier molecular flexibility index (Phi) is 4.71. The Morgan fingerprint density at radius 3 is 2.31 bits per heavy atom. The molecule has 0 aromatic rings. The predicted molar refractivity (Wildman–Crippen MR) is 43.5 cm³/mol. The summed E-state index contributed by atoms with van der Waals surface area (Å²) < 4.78 is 34.5. The van der Waals surface area contributed by atoms with Gasteiger partial charge >= 0.3 is 16.3 Å². The van der Waals surface area contributed by atoms with Crippen molar-refractivity contribution in [3.63, 3.8) is 0 Å². The average molecular weight is 212 g/mol. The zero-order valence-electron chi connectivity index (χ0n) is 7.64. The smallest absolute Gasteiger partial charge is 0.438 e. The van der Waals surface area contributed by atoms with E-state index in [0.717, 1.165) is 7.11 Å². The number of carbonyl (C=O) groups is 1. The van der Waals surface area contributed by atoms with Crippen LogP contribution in [0.3, 0.4) is 0 Å². The van der Waals surface area contributed by atoms with Crippen molar-refractivity contribution in [3.8, 4) is 0 Å². The van der Waals surface area contributed by atoms with Crippen LogP contribution >= 0.6 is 0 Å². The summed E-state index contributed by atoms with van der Waals surface area (Å²) in [7, 11) is -2.73. The Morgan fingerprint density at radius 2 is 1.92 bits per heavy atom. The van der Waals surface area contributed by atoms with Crippen molar-refractivity contribution >= 4 is 16.3 Å². The molecule has 0 radical (unpaired) electrons. The second kappa shape index (κ2) is 5.03. The lowest BCUT2D eigenvalue weighted by molar-refractivity contribution is 0.0827. The maximum Gasteiger partial charge on any atom is 0.509 e. The fourth-order valence-electron chi connectivity index (χ4n) is 0.500. The minimum Gasteiger partial charge on any atom is -0.438 e. The van der Waals surface area contributed by atoms with Gasteiger partial charge in [0, 0.05) is 0 Å². The highest BCUT2D eigenvalue weighted by Gasteiger charge is 2.16. The molecular weight excluding hydrogens is 200 g/mol. The lowest BCUT2D eigenvalue weighted by atomic mass is 10.5. The van der Waals surface area contributed by atoms with E-state index in [1.165, 1.54) is 0 Å². The van der Waals surface area contributed by atoms with Crippen molar-refractivity contribution in [1.29, 1.82) is 0 Å². The van der Waals surface area contributed by atoms with E-state index in [2.05, 4.69) is 13.7 Å². The van der Waals surface area contributed by atoms with Crippen molar-refractivity contribution < 1.29 is 26.9 Å². The Balaban J connectivity index is 3.97. The van der Waals surface area contributed by atoms with Crippen molar-refractivity contribution in [2.45, 2.75) is 20.0 Å². The average Bonchev–Trinajstić information content (AvgIpc) is 1.98. The van der Waals surface area contributed by atoms with Gasteiger partial charge in [0.2, 0.25) is 5.94 Å². The van der Waals surface area contributed by atoms with E-state index in [-0.39, 0.29) is 0 Å². The summed E-state index contributed by atoms with van der Waals surface area (Å²) in [5, 5.41) is 0. The number of methoxy groups -OCH3 is 1. The Labute approximate surface area is 76.9 Å². The zero-order chi connectivity index (χ0) is 10.5. The van der Waals surface area contributed by atoms with Crippen LogP contribution in [0.25, 0.3) is 0 Å². The van der Waals surface area contributed by atoms with E-state index in [1.54, 1.807) is 13.8 Å². The van der Waals surface area contributed by atoms with Crippen LogP contribution in [-0.4, -0.2) is 33.7 Å². The summed E-state index contributed by atoms with van der Waals surface area (Å²) in [5.41, 5.74) is 0. The molecule has 0 spiro atoms. The summed E-state index contributed by atoms with van der Waals surface area (Å²) in [6, 6.07) is 0. The minimum atomic E-state index is -3.81. The topological polar surface area (TPSA) is 78.9 Å². The third-order valence-electron chi connectivity index (χ3n) is 0.827. The lowest BCUT2D eigenvalue weighted by Crippen LogP contribution is -2.19. The summed E-state index contributed by atoms with van der Waals surface area (Å²) in [4.78, 5) is 10.4. The molecule has 0 bridgehead atoms. The molecule has 0 aliphatic carbocycles. The molecule has 0 atom stereocenters. The lowest BCUT2D eigenvalue weighted by Gasteiger charge is -2.07. The number of carbonyl (C=O) groups excluding carboxylic acids is 1. The quantitative estimate of drug-likeness (QED) is 0.498. The second-order valence-corrected chi connectivity index (χ2v) is 3.96. The first-order valence-electron chi connectivity index (χ1n) is 3.49. The first kappa shape index (κ1) is 12.2.